The zero-order valence-electron chi connectivity index (χ0n) is 13.0. The Morgan fingerprint density at radius 1 is 1.14 bits per heavy atom. The van der Waals surface area contributed by atoms with Gasteiger partial charge in [0.1, 0.15) is 0 Å². The number of aryl methyl sites for hydroxylation is 1. The van der Waals surface area contributed by atoms with Crippen molar-refractivity contribution in [1.29, 1.82) is 0 Å². The molecule has 0 bridgehead atoms. The Balaban J connectivity index is 1.88. The van der Waals surface area contributed by atoms with Gasteiger partial charge in [0.05, 0.1) is 18.0 Å². The Kier molecular flexibility index (Phi) is 5.54. The summed E-state index contributed by atoms with van der Waals surface area (Å²) in [5.74, 6) is 0. The summed E-state index contributed by atoms with van der Waals surface area (Å²) >= 11 is 1.93. The van der Waals surface area contributed by atoms with E-state index >= 15 is 0 Å². The molecule has 22 heavy (non-hydrogen) atoms. The highest BCUT2D eigenvalue weighted by atomic mass is 32.2. The highest BCUT2D eigenvalue weighted by molar-refractivity contribution is 7.99. The Bertz CT molecular complexity index is 581. The van der Waals surface area contributed by atoms with Crippen LogP contribution in [0.5, 0.6) is 0 Å². The molecular weight excluding hydrogens is 290 g/mol. The number of rotatable bonds is 5. The predicted octanol–water partition coefficient (Wildman–Crippen LogP) is 4.07. The van der Waals surface area contributed by atoms with Crippen molar-refractivity contribution in [3.05, 3.63) is 65.7 Å². The van der Waals surface area contributed by atoms with E-state index in [-0.39, 0.29) is 6.10 Å². The van der Waals surface area contributed by atoms with Gasteiger partial charge in [0, 0.05) is 18.0 Å². The third-order valence-electron chi connectivity index (χ3n) is 4.03. The number of hydrogen-bond donors (Lipinski definition) is 1. The van der Waals surface area contributed by atoms with Gasteiger partial charge in [-0.15, -0.1) is 11.8 Å². The van der Waals surface area contributed by atoms with E-state index in [0.29, 0.717) is 5.25 Å². The molecule has 2 atom stereocenters. The molecule has 1 aliphatic rings. The lowest BCUT2D eigenvalue weighted by molar-refractivity contribution is 0.0273. The fraction of sp³-hybridized carbons (Fsp3) is 0.368. The molecule has 1 heterocycles. The van der Waals surface area contributed by atoms with Gasteiger partial charge < -0.3 is 10.1 Å². The van der Waals surface area contributed by atoms with Crippen molar-refractivity contribution in [3.8, 4) is 0 Å². The highest BCUT2D eigenvalue weighted by Crippen LogP contribution is 2.40. The average molecular weight is 313 g/mol. The second kappa shape index (κ2) is 7.82. The molecule has 2 nitrogen and oxygen atoms in total. The minimum Gasteiger partial charge on any atom is -0.374 e. The first-order valence-electron chi connectivity index (χ1n) is 8.00. The standard InChI is InChI=1S/C19H23NOS/c1-2-15-8-6-7-11-18(15)22-19(16-9-4-3-5-10-16)17-14-20-12-13-21-17/h3-11,17,19-20H,2,12-14H2,1H3/t17-,19-/m0/s1. The van der Waals surface area contributed by atoms with Gasteiger partial charge in [-0.1, -0.05) is 55.5 Å². The molecule has 0 radical (unpaired) electrons. The predicted molar refractivity (Wildman–Crippen MR) is 93.5 cm³/mol. The van der Waals surface area contributed by atoms with Crippen molar-refractivity contribution < 1.29 is 4.74 Å². The van der Waals surface area contributed by atoms with Crippen molar-refractivity contribution in [3.63, 3.8) is 0 Å². The summed E-state index contributed by atoms with van der Waals surface area (Å²) in [7, 11) is 0. The van der Waals surface area contributed by atoms with Crippen molar-refractivity contribution in [1.82, 2.24) is 5.32 Å². The van der Waals surface area contributed by atoms with Gasteiger partial charge in [0.15, 0.2) is 0 Å². The summed E-state index contributed by atoms with van der Waals surface area (Å²) in [4.78, 5) is 1.37. The quantitative estimate of drug-likeness (QED) is 0.841. The fourth-order valence-electron chi connectivity index (χ4n) is 2.83. The maximum Gasteiger partial charge on any atom is 0.0862 e. The minimum absolute atomic E-state index is 0.214. The lowest BCUT2D eigenvalue weighted by Crippen LogP contribution is -2.41. The van der Waals surface area contributed by atoms with Gasteiger partial charge in [-0.25, -0.2) is 0 Å². The van der Waals surface area contributed by atoms with Crippen LogP contribution in [-0.2, 0) is 11.2 Å². The van der Waals surface area contributed by atoms with Crippen LogP contribution in [-0.4, -0.2) is 25.8 Å². The van der Waals surface area contributed by atoms with Crippen LogP contribution >= 0.6 is 11.8 Å². The summed E-state index contributed by atoms with van der Waals surface area (Å²) in [6.45, 7) is 4.88. The average Bonchev–Trinajstić information content (AvgIpc) is 2.61. The van der Waals surface area contributed by atoms with Gasteiger partial charge in [0.25, 0.3) is 0 Å². The van der Waals surface area contributed by atoms with E-state index in [2.05, 4.69) is 66.8 Å². The normalized spacial score (nSPS) is 19.8. The van der Waals surface area contributed by atoms with Gasteiger partial charge in [-0.3, -0.25) is 0 Å². The Morgan fingerprint density at radius 3 is 2.64 bits per heavy atom. The number of nitrogens with one attached hydrogen (secondary N) is 1. The summed E-state index contributed by atoms with van der Waals surface area (Å²) in [6, 6.07) is 19.4. The SMILES string of the molecule is CCc1ccccc1S[C@@H](c1ccccc1)[C@@H]1CNCCO1. The Morgan fingerprint density at radius 2 is 1.91 bits per heavy atom. The van der Waals surface area contributed by atoms with Crippen molar-refractivity contribution >= 4 is 11.8 Å². The first-order chi connectivity index (χ1) is 10.9. The molecular formula is C19H23NOS. The first-order valence-corrected chi connectivity index (χ1v) is 8.88. The summed E-state index contributed by atoms with van der Waals surface area (Å²) in [6.07, 6.45) is 1.28. The van der Waals surface area contributed by atoms with Crippen LogP contribution in [0.15, 0.2) is 59.5 Å². The number of thioether (sulfide) groups is 1. The van der Waals surface area contributed by atoms with E-state index in [4.69, 9.17) is 4.74 Å². The minimum atomic E-state index is 0.214. The van der Waals surface area contributed by atoms with E-state index < -0.39 is 0 Å². The lowest BCUT2D eigenvalue weighted by atomic mass is 10.1. The molecule has 0 aliphatic carbocycles. The molecule has 0 aromatic heterocycles. The summed E-state index contributed by atoms with van der Waals surface area (Å²) in [5, 5.41) is 3.78. The number of hydrogen-bond acceptors (Lipinski definition) is 3. The molecule has 1 fully saturated rings. The van der Waals surface area contributed by atoms with E-state index in [1.54, 1.807) is 0 Å². The molecule has 1 aliphatic heterocycles. The largest absolute Gasteiger partial charge is 0.374 e. The molecule has 1 saturated heterocycles. The molecule has 1 N–H and O–H groups in total. The zero-order chi connectivity index (χ0) is 15.2. The summed E-state index contributed by atoms with van der Waals surface area (Å²) < 4.78 is 6.06. The van der Waals surface area contributed by atoms with Crippen molar-refractivity contribution in [2.45, 2.75) is 29.6 Å². The van der Waals surface area contributed by atoms with Gasteiger partial charge in [-0.05, 0) is 23.6 Å². The molecule has 0 unspecified atom stereocenters. The fourth-order valence-corrected chi connectivity index (χ4v) is 4.24. The van der Waals surface area contributed by atoms with E-state index in [0.717, 1.165) is 26.1 Å². The topological polar surface area (TPSA) is 21.3 Å². The third-order valence-corrected chi connectivity index (χ3v) is 5.51. The molecule has 0 spiro atoms. The summed E-state index contributed by atoms with van der Waals surface area (Å²) in [5.41, 5.74) is 2.75. The van der Waals surface area contributed by atoms with Crippen LogP contribution in [0.3, 0.4) is 0 Å². The van der Waals surface area contributed by atoms with Crippen LogP contribution in [0.25, 0.3) is 0 Å². The van der Waals surface area contributed by atoms with Crippen LogP contribution in [0, 0.1) is 0 Å². The van der Waals surface area contributed by atoms with Crippen LogP contribution < -0.4 is 5.32 Å². The van der Waals surface area contributed by atoms with E-state index in [1.165, 1.54) is 16.0 Å². The molecule has 116 valence electrons. The van der Waals surface area contributed by atoms with E-state index in [1.807, 2.05) is 11.8 Å². The van der Waals surface area contributed by atoms with Crippen molar-refractivity contribution in [2.75, 3.05) is 19.7 Å². The molecule has 0 amide bonds. The first kappa shape index (κ1) is 15.6. The monoisotopic (exact) mass is 313 g/mol. The van der Waals surface area contributed by atoms with Crippen LogP contribution in [0.4, 0.5) is 0 Å². The molecule has 2 aromatic carbocycles. The number of benzene rings is 2. The highest BCUT2D eigenvalue weighted by Gasteiger charge is 2.27. The zero-order valence-corrected chi connectivity index (χ0v) is 13.8. The van der Waals surface area contributed by atoms with Crippen molar-refractivity contribution in [2.24, 2.45) is 0 Å². The van der Waals surface area contributed by atoms with Crippen LogP contribution in [0.2, 0.25) is 0 Å². The molecule has 3 rings (SSSR count). The number of ether oxygens (including phenoxy) is 1. The lowest BCUT2D eigenvalue weighted by Gasteiger charge is -2.31. The maximum absolute atomic E-state index is 6.06. The maximum atomic E-state index is 6.06. The number of morpholine rings is 1. The van der Waals surface area contributed by atoms with Gasteiger partial charge in [0.2, 0.25) is 0 Å². The van der Waals surface area contributed by atoms with Gasteiger partial charge in [-0.2, -0.15) is 0 Å². The Labute approximate surface area is 137 Å². The van der Waals surface area contributed by atoms with E-state index in [9.17, 15) is 0 Å². The molecule has 0 saturated carbocycles. The third kappa shape index (κ3) is 3.72. The Hall–Kier alpha value is -1.29. The van der Waals surface area contributed by atoms with Gasteiger partial charge >= 0.3 is 0 Å². The molecule has 2 aromatic rings. The smallest absolute Gasteiger partial charge is 0.0862 e. The second-order valence-electron chi connectivity index (χ2n) is 5.52. The van der Waals surface area contributed by atoms with Crippen LogP contribution in [0.1, 0.15) is 23.3 Å². The second-order valence-corrected chi connectivity index (χ2v) is 6.71. The molecule has 3 heteroatoms.